The van der Waals surface area contributed by atoms with Crippen LogP contribution in [-0.2, 0) is 4.74 Å². The first-order valence-electron chi connectivity index (χ1n) is 8.69. The van der Waals surface area contributed by atoms with E-state index in [1.54, 1.807) is 0 Å². The van der Waals surface area contributed by atoms with Gasteiger partial charge in [-0.2, -0.15) is 0 Å². The molecule has 1 aliphatic rings. The second-order valence-electron chi connectivity index (χ2n) is 6.03. The molecule has 0 radical (unpaired) electrons. The van der Waals surface area contributed by atoms with Crippen LogP contribution in [0.1, 0.15) is 18.7 Å². The maximum absolute atomic E-state index is 6.01. The van der Waals surface area contributed by atoms with Gasteiger partial charge in [-0.25, -0.2) is 0 Å². The highest BCUT2D eigenvalue weighted by Gasteiger charge is 2.27. The van der Waals surface area contributed by atoms with E-state index in [9.17, 15) is 0 Å². The van der Waals surface area contributed by atoms with Crippen molar-refractivity contribution >= 4 is 5.69 Å². The number of aromatic nitrogens is 1. The molecule has 0 amide bonds. The predicted molar refractivity (Wildman–Crippen MR) is 99.4 cm³/mol. The zero-order chi connectivity index (χ0) is 17.1. The summed E-state index contributed by atoms with van der Waals surface area (Å²) in [7, 11) is 0. The minimum Gasteiger partial charge on any atom is -0.494 e. The fourth-order valence-corrected chi connectivity index (χ4v) is 3.25. The standard InChI is InChI=1S/C21H22N2O2/c1-2-24-20-10-6-9-19(15-20)22-12-11-17(16-22)21-23(13-14-25-21)18-7-4-3-5-8-18/h3-12,15-16,21H,2,13-14H2,1H3/t21-/m1/s1. The Morgan fingerprint density at radius 2 is 1.88 bits per heavy atom. The van der Waals surface area contributed by atoms with Crippen molar-refractivity contribution < 1.29 is 9.47 Å². The normalized spacial score (nSPS) is 17.0. The Hall–Kier alpha value is -2.72. The summed E-state index contributed by atoms with van der Waals surface area (Å²) in [5.74, 6) is 0.887. The SMILES string of the molecule is CCOc1cccc(-n2ccc([C@H]3OCCN3c3ccccc3)c2)c1. The zero-order valence-electron chi connectivity index (χ0n) is 14.3. The molecule has 0 unspecified atom stereocenters. The molecule has 0 N–H and O–H groups in total. The summed E-state index contributed by atoms with van der Waals surface area (Å²) < 4.78 is 13.7. The van der Waals surface area contributed by atoms with Gasteiger partial charge >= 0.3 is 0 Å². The van der Waals surface area contributed by atoms with Crippen LogP contribution < -0.4 is 9.64 Å². The van der Waals surface area contributed by atoms with Crippen LogP contribution >= 0.6 is 0 Å². The Morgan fingerprint density at radius 3 is 2.72 bits per heavy atom. The fourth-order valence-electron chi connectivity index (χ4n) is 3.25. The fraction of sp³-hybridized carbons (Fsp3) is 0.238. The average Bonchev–Trinajstić information content (AvgIpc) is 3.32. The van der Waals surface area contributed by atoms with Gasteiger partial charge in [0.15, 0.2) is 6.23 Å². The molecule has 1 fully saturated rings. The van der Waals surface area contributed by atoms with Gasteiger partial charge in [0, 0.05) is 41.9 Å². The van der Waals surface area contributed by atoms with Crippen LogP contribution in [0, 0.1) is 0 Å². The Balaban J connectivity index is 1.59. The molecule has 25 heavy (non-hydrogen) atoms. The van der Waals surface area contributed by atoms with E-state index in [0.717, 1.165) is 30.2 Å². The van der Waals surface area contributed by atoms with Crippen molar-refractivity contribution in [3.8, 4) is 11.4 Å². The summed E-state index contributed by atoms with van der Waals surface area (Å²) in [5, 5.41) is 0. The van der Waals surface area contributed by atoms with Gasteiger partial charge in [-0.05, 0) is 37.3 Å². The van der Waals surface area contributed by atoms with Gasteiger partial charge in [0.2, 0.25) is 0 Å². The third kappa shape index (κ3) is 3.26. The van der Waals surface area contributed by atoms with Crippen molar-refractivity contribution in [3.05, 3.63) is 78.6 Å². The number of ether oxygens (including phenoxy) is 2. The molecule has 1 aliphatic heterocycles. The minimum atomic E-state index is -0.0428. The minimum absolute atomic E-state index is 0.0428. The monoisotopic (exact) mass is 334 g/mol. The number of hydrogen-bond acceptors (Lipinski definition) is 3. The van der Waals surface area contributed by atoms with Crippen LogP contribution in [0.4, 0.5) is 5.69 Å². The van der Waals surface area contributed by atoms with Gasteiger partial charge in [0.1, 0.15) is 5.75 Å². The van der Waals surface area contributed by atoms with E-state index in [0.29, 0.717) is 6.61 Å². The van der Waals surface area contributed by atoms with Crippen molar-refractivity contribution in [1.82, 2.24) is 4.57 Å². The van der Waals surface area contributed by atoms with Gasteiger partial charge in [-0.15, -0.1) is 0 Å². The Bertz CT molecular complexity index is 829. The first kappa shape index (κ1) is 15.8. The highest BCUT2D eigenvalue weighted by Crippen LogP contribution is 2.32. The molecule has 1 aromatic heterocycles. The van der Waals surface area contributed by atoms with Gasteiger partial charge in [-0.3, -0.25) is 0 Å². The summed E-state index contributed by atoms with van der Waals surface area (Å²) in [6, 6.07) is 20.7. The van der Waals surface area contributed by atoms with E-state index in [1.807, 2.05) is 25.1 Å². The first-order chi connectivity index (χ1) is 12.3. The molecular weight excluding hydrogens is 312 g/mol. The molecule has 4 nitrogen and oxygen atoms in total. The van der Waals surface area contributed by atoms with Gasteiger partial charge in [-0.1, -0.05) is 24.3 Å². The predicted octanol–water partition coefficient (Wildman–Crippen LogP) is 4.41. The van der Waals surface area contributed by atoms with Crippen LogP contribution in [0.25, 0.3) is 5.69 Å². The van der Waals surface area contributed by atoms with E-state index in [4.69, 9.17) is 9.47 Å². The average molecular weight is 334 g/mol. The molecule has 128 valence electrons. The number of rotatable bonds is 5. The van der Waals surface area contributed by atoms with E-state index < -0.39 is 0 Å². The van der Waals surface area contributed by atoms with Crippen LogP contribution in [0.5, 0.6) is 5.75 Å². The zero-order valence-corrected chi connectivity index (χ0v) is 14.3. The molecule has 0 aliphatic carbocycles. The van der Waals surface area contributed by atoms with Gasteiger partial charge in [0.05, 0.1) is 13.2 Å². The molecular formula is C21H22N2O2. The van der Waals surface area contributed by atoms with Crippen molar-refractivity contribution in [3.63, 3.8) is 0 Å². The van der Waals surface area contributed by atoms with E-state index in [2.05, 4.69) is 64.3 Å². The van der Waals surface area contributed by atoms with Gasteiger partial charge < -0.3 is 18.9 Å². The second kappa shape index (κ2) is 7.03. The largest absolute Gasteiger partial charge is 0.494 e. The third-order valence-corrected chi connectivity index (χ3v) is 4.41. The smallest absolute Gasteiger partial charge is 0.158 e. The number of nitrogens with zero attached hydrogens (tertiary/aromatic N) is 2. The second-order valence-corrected chi connectivity index (χ2v) is 6.03. The summed E-state index contributed by atoms with van der Waals surface area (Å²) in [6.07, 6.45) is 4.17. The molecule has 4 rings (SSSR count). The quantitative estimate of drug-likeness (QED) is 0.691. The molecule has 0 saturated carbocycles. The summed E-state index contributed by atoms with van der Waals surface area (Å²) >= 11 is 0. The van der Waals surface area contributed by atoms with E-state index in [-0.39, 0.29) is 6.23 Å². The molecule has 1 atom stereocenters. The topological polar surface area (TPSA) is 26.6 Å². The maximum Gasteiger partial charge on any atom is 0.158 e. The summed E-state index contributed by atoms with van der Waals surface area (Å²) in [6.45, 7) is 4.31. The lowest BCUT2D eigenvalue weighted by molar-refractivity contribution is 0.114. The lowest BCUT2D eigenvalue weighted by Crippen LogP contribution is -2.22. The number of benzene rings is 2. The van der Waals surface area contributed by atoms with Crippen molar-refractivity contribution in [2.75, 3.05) is 24.7 Å². The van der Waals surface area contributed by atoms with E-state index in [1.165, 1.54) is 5.69 Å². The third-order valence-electron chi connectivity index (χ3n) is 4.41. The summed E-state index contributed by atoms with van der Waals surface area (Å²) in [4.78, 5) is 2.30. The number of para-hydroxylation sites is 1. The van der Waals surface area contributed by atoms with Crippen LogP contribution in [0.2, 0.25) is 0 Å². The van der Waals surface area contributed by atoms with Crippen LogP contribution in [-0.4, -0.2) is 24.3 Å². The molecule has 1 saturated heterocycles. The highest BCUT2D eigenvalue weighted by molar-refractivity contribution is 5.49. The Labute approximate surface area is 148 Å². The van der Waals surface area contributed by atoms with Crippen molar-refractivity contribution in [1.29, 1.82) is 0 Å². The number of hydrogen-bond donors (Lipinski definition) is 0. The molecule has 2 heterocycles. The highest BCUT2D eigenvalue weighted by atomic mass is 16.5. The summed E-state index contributed by atoms with van der Waals surface area (Å²) in [5.41, 5.74) is 3.43. The molecule has 4 heteroatoms. The lowest BCUT2D eigenvalue weighted by atomic mass is 10.2. The molecule has 0 bridgehead atoms. The van der Waals surface area contributed by atoms with E-state index >= 15 is 0 Å². The first-order valence-corrected chi connectivity index (χ1v) is 8.69. The van der Waals surface area contributed by atoms with Gasteiger partial charge in [0.25, 0.3) is 0 Å². The van der Waals surface area contributed by atoms with Crippen molar-refractivity contribution in [2.45, 2.75) is 13.2 Å². The number of anilines is 1. The Morgan fingerprint density at radius 1 is 1.04 bits per heavy atom. The Kier molecular flexibility index (Phi) is 4.44. The molecule has 3 aromatic rings. The lowest BCUT2D eigenvalue weighted by Gasteiger charge is -2.24. The molecule has 0 spiro atoms. The molecule has 2 aromatic carbocycles. The van der Waals surface area contributed by atoms with Crippen LogP contribution in [0.3, 0.4) is 0 Å². The maximum atomic E-state index is 6.01. The van der Waals surface area contributed by atoms with Crippen molar-refractivity contribution in [2.24, 2.45) is 0 Å². The van der Waals surface area contributed by atoms with Crippen LogP contribution in [0.15, 0.2) is 73.1 Å².